The van der Waals surface area contributed by atoms with Gasteiger partial charge in [0.1, 0.15) is 0 Å². The molecule has 0 aromatic carbocycles. The van der Waals surface area contributed by atoms with Crippen LogP contribution < -0.4 is 10.6 Å². The predicted octanol–water partition coefficient (Wildman–Crippen LogP) is 2.16. The van der Waals surface area contributed by atoms with Crippen LogP contribution in [0.3, 0.4) is 0 Å². The molecule has 0 unspecified atom stereocenters. The molecule has 138 valence electrons. The number of rotatable bonds is 9. The van der Waals surface area contributed by atoms with E-state index < -0.39 is 0 Å². The van der Waals surface area contributed by atoms with Gasteiger partial charge in [-0.2, -0.15) is 5.10 Å². The van der Waals surface area contributed by atoms with Gasteiger partial charge in [0.05, 0.1) is 5.69 Å². The van der Waals surface area contributed by atoms with Crippen LogP contribution in [0.4, 0.5) is 0 Å². The van der Waals surface area contributed by atoms with Gasteiger partial charge in [-0.15, -0.1) is 24.0 Å². The zero-order chi connectivity index (χ0) is 16.7. The fraction of sp³-hybridized carbons (Fsp3) is 0.765. The van der Waals surface area contributed by atoms with Crippen LogP contribution in [0.25, 0.3) is 0 Å². The largest absolute Gasteiger partial charge is 0.356 e. The molecule has 2 rings (SSSR count). The van der Waals surface area contributed by atoms with Gasteiger partial charge >= 0.3 is 0 Å². The van der Waals surface area contributed by atoms with Gasteiger partial charge in [-0.05, 0) is 45.7 Å². The van der Waals surface area contributed by atoms with E-state index in [-0.39, 0.29) is 24.0 Å². The molecular formula is C17H33IN6. The first kappa shape index (κ1) is 21.2. The molecule has 0 spiro atoms. The van der Waals surface area contributed by atoms with Gasteiger partial charge in [0.25, 0.3) is 0 Å². The zero-order valence-corrected chi connectivity index (χ0v) is 17.8. The van der Waals surface area contributed by atoms with Crippen molar-refractivity contribution in [3.63, 3.8) is 0 Å². The molecular weight excluding hydrogens is 415 g/mol. The third kappa shape index (κ3) is 6.96. The van der Waals surface area contributed by atoms with Crippen molar-refractivity contribution in [2.75, 3.05) is 33.2 Å². The van der Waals surface area contributed by atoms with Crippen molar-refractivity contribution in [2.45, 2.75) is 52.6 Å². The molecule has 1 aliphatic carbocycles. The number of aryl methyl sites for hydroxylation is 3. The summed E-state index contributed by atoms with van der Waals surface area (Å²) in [5, 5.41) is 11.3. The number of hydrogen-bond acceptors (Lipinski definition) is 3. The number of guanidine groups is 1. The lowest BCUT2D eigenvalue weighted by Gasteiger charge is -2.20. The van der Waals surface area contributed by atoms with Crippen LogP contribution in [0.1, 0.15) is 37.6 Å². The molecule has 0 bridgehead atoms. The Balaban J connectivity index is 0.00000288. The monoisotopic (exact) mass is 448 g/mol. The van der Waals surface area contributed by atoms with Gasteiger partial charge in [0.15, 0.2) is 5.96 Å². The van der Waals surface area contributed by atoms with E-state index in [1.54, 1.807) is 0 Å². The molecule has 1 aromatic rings. The molecule has 0 amide bonds. The van der Waals surface area contributed by atoms with Crippen LogP contribution in [-0.2, 0) is 6.54 Å². The van der Waals surface area contributed by atoms with E-state index in [4.69, 9.17) is 0 Å². The molecule has 0 aliphatic heterocycles. The number of nitrogens with one attached hydrogen (secondary N) is 2. The predicted molar refractivity (Wildman–Crippen MR) is 111 cm³/mol. The fourth-order valence-electron chi connectivity index (χ4n) is 2.91. The number of nitrogens with zero attached hydrogens (tertiary/aromatic N) is 4. The lowest BCUT2D eigenvalue weighted by molar-refractivity contribution is 0.282. The molecule has 1 aliphatic rings. The summed E-state index contributed by atoms with van der Waals surface area (Å²) in [6, 6.07) is 2.95. The Bertz CT molecular complexity index is 509. The smallest absolute Gasteiger partial charge is 0.191 e. The van der Waals surface area contributed by atoms with Gasteiger partial charge in [0, 0.05) is 45.0 Å². The molecule has 0 radical (unpaired) electrons. The van der Waals surface area contributed by atoms with Crippen molar-refractivity contribution in [3.8, 4) is 0 Å². The van der Waals surface area contributed by atoms with Gasteiger partial charge < -0.3 is 10.6 Å². The summed E-state index contributed by atoms with van der Waals surface area (Å²) >= 11 is 0. The summed E-state index contributed by atoms with van der Waals surface area (Å²) in [4.78, 5) is 6.84. The Morgan fingerprint density at radius 3 is 2.58 bits per heavy atom. The third-order valence-electron chi connectivity index (χ3n) is 4.33. The Hall–Kier alpha value is -0.830. The number of hydrogen-bond donors (Lipinski definition) is 2. The van der Waals surface area contributed by atoms with Crippen molar-refractivity contribution >= 4 is 29.9 Å². The molecule has 7 heteroatoms. The second kappa shape index (κ2) is 10.9. The summed E-state index contributed by atoms with van der Waals surface area (Å²) in [5.74, 6) is 0.894. The third-order valence-corrected chi connectivity index (χ3v) is 4.33. The van der Waals surface area contributed by atoms with Crippen molar-refractivity contribution in [2.24, 2.45) is 4.99 Å². The summed E-state index contributed by atoms with van der Waals surface area (Å²) in [5.41, 5.74) is 2.31. The second-order valence-electron chi connectivity index (χ2n) is 6.29. The highest BCUT2D eigenvalue weighted by molar-refractivity contribution is 14.0. The second-order valence-corrected chi connectivity index (χ2v) is 6.29. The first-order valence-corrected chi connectivity index (χ1v) is 8.83. The van der Waals surface area contributed by atoms with Crippen molar-refractivity contribution in [1.82, 2.24) is 25.3 Å². The lowest BCUT2D eigenvalue weighted by Crippen LogP contribution is -2.42. The van der Waals surface area contributed by atoms with Gasteiger partial charge in [-0.25, -0.2) is 0 Å². The zero-order valence-electron chi connectivity index (χ0n) is 15.5. The summed E-state index contributed by atoms with van der Waals surface area (Å²) < 4.78 is 2.07. The van der Waals surface area contributed by atoms with Crippen LogP contribution in [0.2, 0.25) is 0 Å². The van der Waals surface area contributed by atoms with E-state index >= 15 is 0 Å². The highest BCUT2D eigenvalue weighted by Gasteiger charge is 2.27. The van der Waals surface area contributed by atoms with Crippen LogP contribution in [0.5, 0.6) is 0 Å². The molecule has 24 heavy (non-hydrogen) atoms. The highest BCUT2D eigenvalue weighted by atomic mass is 127. The summed E-state index contributed by atoms with van der Waals surface area (Å²) in [6.07, 6.45) is 3.77. The Labute approximate surface area is 163 Å². The molecule has 0 atom stereocenters. The van der Waals surface area contributed by atoms with E-state index in [0.717, 1.165) is 56.8 Å². The average Bonchev–Trinajstić information content (AvgIpc) is 3.31. The summed E-state index contributed by atoms with van der Waals surface area (Å²) in [7, 11) is 1.83. The van der Waals surface area contributed by atoms with E-state index in [1.165, 1.54) is 18.5 Å². The lowest BCUT2D eigenvalue weighted by atomic mass is 10.4. The van der Waals surface area contributed by atoms with Crippen molar-refractivity contribution < 1.29 is 0 Å². The first-order chi connectivity index (χ1) is 11.1. The van der Waals surface area contributed by atoms with Crippen LogP contribution in [0.15, 0.2) is 11.1 Å². The van der Waals surface area contributed by atoms with E-state index in [2.05, 4.69) is 50.2 Å². The normalized spacial score (nSPS) is 14.6. The SMILES string of the molecule is CCN(CCNC(=NC)NCCCn1nc(C)cc1C)C1CC1.I. The Kier molecular flexibility index (Phi) is 9.65. The van der Waals surface area contributed by atoms with Crippen LogP contribution in [-0.4, -0.2) is 59.9 Å². The van der Waals surface area contributed by atoms with Crippen LogP contribution >= 0.6 is 24.0 Å². The topological polar surface area (TPSA) is 57.5 Å². The van der Waals surface area contributed by atoms with E-state index in [1.807, 2.05) is 14.0 Å². The standard InChI is InChI=1S/C17H32N6.HI/c1-5-22(16-7-8-16)12-10-20-17(18-4)19-9-6-11-23-15(3)13-14(2)21-23;/h13,16H,5-12H2,1-4H3,(H2,18,19,20);1H. The van der Waals surface area contributed by atoms with Crippen molar-refractivity contribution in [1.29, 1.82) is 0 Å². The number of halogens is 1. The minimum Gasteiger partial charge on any atom is -0.356 e. The number of likely N-dealkylation sites (N-methyl/N-ethyl adjacent to an activating group) is 1. The molecule has 6 nitrogen and oxygen atoms in total. The Morgan fingerprint density at radius 2 is 2.04 bits per heavy atom. The molecule has 0 saturated heterocycles. The maximum atomic E-state index is 4.49. The quantitative estimate of drug-likeness (QED) is 0.263. The molecule has 2 N–H and O–H groups in total. The number of aliphatic imine (C=N–C) groups is 1. The molecule has 1 fully saturated rings. The van der Waals surface area contributed by atoms with E-state index in [0.29, 0.717) is 0 Å². The highest BCUT2D eigenvalue weighted by Crippen LogP contribution is 2.25. The minimum atomic E-state index is 0. The minimum absolute atomic E-state index is 0. The van der Waals surface area contributed by atoms with Gasteiger partial charge in [0.2, 0.25) is 0 Å². The van der Waals surface area contributed by atoms with Gasteiger partial charge in [-0.3, -0.25) is 14.6 Å². The average molecular weight is 448 g/mol. The Morgan fingerprint density at radius 1 is 1.33 bits per heavy atom. The van der Waals surface area contributed by atoms with Gasteiger partial charge in [-0.1, -0.05) is 6.92 Å². The first-order valence-electron chi connectivity index (χ1n) is 8.83. The van der Waals surface area contributed by atoms with Crippen LogP contribution in [0, 0.1) is 13.8 Å². The number of aromatic nitrogens is 2. The molecule has 1 saturated carbocycles. The molecule has 1 aromatic heterocycles. The van der Waals surface area contributed by atoms with Crippen molar-refractivity contribution in [3.05, 3.63) is 17.5 Å². The molecule has 1 heterocycles. The fourth-order valence-corrected chi connectivity index (χ4v) is 2.91. The summed E-state index contributed by atoms with van der Waals surface area (Å²) in [6.45, 7) is 11.4. The maximum Gasteiger partial charge on any atom is 0.191 e. The maximum absolute atomic E-state index is 4.49. The van der Waals surface area contributed by atoms with E-state index in [9.17, 15) is 0 Å².